The zero-order chi connectivity index (χ0) is 24.4. The number of amides is 2. The molecule has 0 fully saturated rings. The summed E-state index contributed by atoms with van der Waals surface area (Å²) in [6.45, 7) is 6.18. The van der Waals surface area contributed by atoms with Gasteiger partial charge < -0.3 is 10.2 Å². The molecule has 0 unspecified atom stereocenters. The van der Waals surface area contributed by atoms with Crippen LogP contribution < -0.4 is 5.32 Å². The van der Waals surface area contributed by atoms with Gasteiger partial charge in [0, 0.05) is 32.6 Å². The van der Waals surface area contributed by atoms with Gasteiger partial charge in [-0.15, -0.1) is 0 Å². The quantitative estimate of drug-likeness (QED) is 0.512. The maximum atomic E-state index is 13.2. The minimum atomic E-state index is -3.61. The fourth-order valence-corrected chi connectivity index (χ4v) is 4.80. The number of benzene rings is 2. The number of sulfonamides is 1. The van der Waals surface area contributed by atoms with E-state index < -0.39 is 16.1 Å². The third-order valence-electron chi connectivity index (χ3n) is 5.33. The number of nitrogens with one attached hydrogen (secondary N) is 1. The molecule has 7 nitrogen and oxygen atoms in total. The average molecular weight is 474 g/mol. The van der Waals surface area contributed by atoms with Gasteiger partial charge in [0.05, 0.1) is 4.90 Å². The molecular weight excluding hydrogens is 438 g/mol. The van der Waals surface area contributed by atoms with Crippen LogP contribution in [0.15, 0.2) is 65.6 Å². The summed E-state index contributed by atoms with van der Waals surface area (Å²) >= 11 is 0. The zero-order valence-electron chi connectivity index (χ0n) is 19.9. The maximum Gasteiger partial charge on any atom is 0.243 e. The Morgan fingerprint density at radius 1 is 0.970 bits per heavy atom. The van der Waals surface area contributed by atoms with Gasteiger partial charge in [0.25, 0.3) is 0 Å². The molecule has 0 aliphatic rings. The Kier molecular flexibility index (Phi) is 10.1. The Morgan fingerprint density at radius 3 is 2.09 bits per heavy atom. The molecule has 0 radical (unpaired) electrons. The van der Waals surface area contributed by atoms with Crippen molar-refractivity contribution in [3.63, 3.8) is 0 Å². The van der Waals surface area contributed by atoms with E-state index in [1.807, 2.05) is 51.1 Å². The number of carbonyl (C=O) groups is 2. The van der Waals surface area contributed by atoms with E-state index in [9.17, 15) is 18.0 Å². The first kappa shape index (κ1) is 26.5. The highest BCUT2D eigenvalue weighted by molar-refractivity contribution is 7.89. The molecule has 1 atom stereocenters. The normalized spacial score (nSPS) is 12.5. The summed E-state index contributed by atoms with van der Waals surface area (Å²) in [5, 5.41) is 2.91. The lowest BCUT2D eigenvalue weighted by atomic mass is 10.1. The molecule has 0 aromatic heterocycles. The molecule has 0 saturated carbocycles. The topological polar surface area (TPSA) is 86.8 Å². The predicted molar refractivity (Wildman–Crippen MR) is 130 cm³/mol. The Balaban J connectivity index is 2.09. The minimum Gasteiger partial charge on any atom is -0.352 e. The molecule has 0 heterocycles. The van der Waals surface area contributed by atoms with Crippen LogP contribution in [0.1, 0.15) is 45.6 Å². The highest BCUT2D eigenvalue weighted by Crippen LogP contribution is 2.17. The first-order valence-electron chi connectivity index (χ1n) is 11.3. The number of nitrogens with zero attached hydrogens (tertiary/aromatic N) is 2. The summed E-state index contributed by atoms with van der Waals surface area (Å²) in [5.74, 6) is -0.351. The molecule has 2 aromatic rings. The third-order valence-corrected chi connectivity index (χ3v) is 7.20. The van der Waals surface area contributed by atoms with Crippen LogP contribution in [0.3, 0.4) is 0 Å². The van der Waals surface area contributed by atoms with Crippen molar-refractivity contribution in [3.05, 3.63) is 66.2 Å². The lowest BCUT2D eigenvalue weighted by Gasteiger charge is -2.31. The van der Waals surface area contributed by atoms with E-state index in [0.717, 1.165) is 5.56 Å². The molecule has 0 spiro atoms. The molecule has 180 valence electrons. The van der Waals surface area contributed by atoms with Gasteiger partial charge in [-0.2, -0.15) is 0 Å². The molecule has 0 aliphatic heterocycles. The zero-order valence-corrected chi connectivity index (χ0v) is 20.7. The molecule has 33 heavy (non-hydrogen) atoms. The van der Waals surface area contributed by atoms with E-state index in [1.165, 1.54) is 11.4 Å². The smallest absolute Gasteiger partial charge is 0.243 e. The van der Waals surface area contributed by atoms with Crippen LogP contribution in [0.4, 0.5) is 0 Å². The SMILES string of the molecule is CC[C@H](C(=O)NC(C)C)N(Cc1ccccc1)C(=O)CCCN(C)S(=O)(=O)c1ccccc1. The van der Waals surface area contributed by atoms with Gasteiger partial charge in [-0.3, -0.25) is 9.59 Å². The maximum absolute atomic E-state index is 13.2. The molecule has 0 bridgehead atoms. The molecule has 0 saturated heterocycles. The van der Waals surface area contributed by atoms with E-state index in [0.29, 0.717) is 19.4 Å². The van der Waals surface area contributed by atoms with Crippen molar-refractivity contribution in [2.24, 2.45) is 0 Å². The lowest BCUT2D eigenvalue weighted by molar-refractivity contribution is -0.141. The summed E-state index contributed by atoms with van der Waals surface area (Å²) in [6, 6.07) is 17.2. The Bertz CT molecular complexity index is 995. The van der Waals surface area contributed by atoms with Crippen molar-refractivity contribution in [3.8, 4) is 0 Å². The van der Waals surface area contributed by atoms with Crippen molar-refractivity contribution in [2.45, 2.75) is 63.6 Å². The fraction of sp³-hybridized carbons (Fsp3) is 0.440. The van der Waals surface area contributed by atoms with Crippen LogP contribution in [0.5, 0.6) is 0 Å². The van der Waals surface area contributed by atoms with Gasteiger partial charge in [-0.05, 0) is 44.4 Å². The molecule has 1 N–H and O–H groups in total. The van der Waals surface area contributed by atoms with Crippen molar-refractivity contribution in [1.29, 1.82) is 0 Å². The van der Waals surface area contributed by atoms with Crippen LogP contribution in [0, 0.1) is 0 Å². The Morgan fingerprint density at radius 2 is 1.55 bits per heavy atom. The summed E-state index contributed by atoms with van der Waals surface area (Å²) in [6.07, 6.45) is 0.987. The van der Waals surface area contributed by atoms with Crippen LogP contribution in [-0.4, -0.2) is 55.1 Å². The van der Waals surface area contributed by atoms with Crippen molar-refractivity contribution >= 4 is 21.8 Å². The second-order valence-corrected chi connectivity index (χ2v) is 10.4. The van der Waals surface area contributed by atoms with E-state index in [2.05, 4.69) is 5.32 Å². The average Bonchev–Trinajstić information content (AvgIpc) is 2.79. The van der Waals surface area contributed by atoms with Crippen molar-refractivity contribution in [1.82, 2.24) is 14.5 Å². The van der Waals surface area contributed by atoms with Crippen LogP contribution in [-0.2, 0) is 26.2 Å². The molecular formula is C25H35N3O4S. The van der Waals surface area contributed by atoms with Gasteiger partial charge in [-0.1, -0.05) is 55.5 Å². The molecule has 2 amide bonds. The van der Waals surface area contributed by atoms with Crippen LogP contribution in [0.25, 0.3) is 0 Å². The lowest BCUT2D eigenvalue weighted by Crippen LogP contribution is -2.50. The van der Waals surface area contributed by atoms with Crippen LogP contribution in [0.2, 0.25) is 0 Å². The van der Waals surface area contributed by atoms with Gasteiger partial charge in [0.15, 0.2) is 0 Å². The minimum absolute atomic E-state index is 0.0305. The largest absolute Gasteiger partial charge is 0.352 e. The number of rotatable bonds is 12. The molecule has 2 aromatic carbocycles. The van der Waals surface area contributed by atoms with Gasteiger partial charge >= 0.3 is 0 Å². The van der Waals surface area contributed by atoms with Crippen molar-refractivity contribution < 1.29 is 18.0 Å². The van der Waals surface area contributed by atoms with E-state index in [-0.39, 0.29) is 35.7 Å². The van der Waals surface area contributed by atoms with Gasteiger partial charge in [0.1, 0.15) is 6.04 Å². The number of carbonyl (C=O) groups excluding carboxylic acids is 2. The van der Waals surface area contributed by atoms with E-state index in [4.69, 9.17) is 0 Å². The standard InChI is InChI=1S/C25H35N3O4S/c1-5-23(25(30)26-20(2)3)28(19-21-13-8-6-9-14-21)24(29)17-12-18-27(4)33(31,32)22-15-10-7-11-16-22/h6-11,13-16,20,23H,5,12,17-19H2,1-4H3,(H,26,30)/t23-/m1/s1. The summed E-state index contributed by atoms with van der Waals surface area (Å²) in [5.41, 5.74) is 0.936. The highest BCUT2D eigenvalue weighted by Gasteiger charge is 2.29. The van der Waals surface area contributed by atoms with Crippen molar-refractivity contribution in [2.75, 3.05) is 13.6 Å². The second kappa shape index (κ2) is 12.5. The monoisotopic (exact) mass is 473 g/mol. The van der Waals surface area contributed by atoms with Gasteiger partial charge in [-0.25, -0.2) is 12.7 Å². The second-order valence-electron chi connectivity index (χ2n) is 8.34. The highest BCUT2D eigenvalue weighted by atomic mass is 32.2. The number of hydrogen-bond acceptors (Lipinski definition) is 4. The fourth-order valence-electron chi connectivity index (χ4n) is 3.57. The van der Waals surface area contributed by atoms with E-state index in [1.54, 1.807) is 35.2 Å². The third kappa shape index (κ3) is 7.68. The Labute approximate surface area is 197 Å². The summed E-state index contributed by atoms with van der Waals surface area (Å²) in [4.78, 5) is 27.8. The Hall–Kier alpha value is -2.71. The summed E-state index contributed by atoms with van der Waals surface area (Å²) in [7, 11) is -2.10. The van der Waals surface area contributed by atoms with Gasteiger partial charge in [0.2, 0.25) is 21.8 Å². The molecule has 0 aliphatic carbocycles. The first-order valence-corrected chi connectivity index (χ1v) is 12.8. The first-order chi connectivity index (χ1) is 15.7. The van der Waals surface area contributed by atoms with E-state index >= 15 is 0 Å². The number of hydrogen-bond donors (Lipinski definition) is 1. The van der Waals surface area contributed by atoms with Crippen LogP contribution >= 0.6 is 0 Å². The summed E-state index contributed by atoms with van der Waals surface area (Å²) < 4.78 is 26.7. The molecule has 8 heteroatoms. The molecule has 2 rings (SSSR count). The predicted octanol–water partition coefficient (Wildman–Crippen LogP) is 3.42.